The Balaban J connectivity index is 0.917. The highest BCUT2D eigenvalue weighted by molar-refractivity contribution is 6.08. The van der Waals surface area contributed by atoms with Gasteiger partial charge < -0.3 is 4.74 Å². The zero-order valence-electron chi connectivity index (χ0n) is 35.3. The molecule has 11 aromatic rings. The Hall–Kier alpha value is -8.26. The molecule has 0 N–H and O–H groups in total. The van der Waals surface area contributed by atoms with Crippen LogP contribution in [0.15, 0.2) is 231 Å². The van der Waals surface area contributed by atoms with Crippen LogP contribution in [0.5, 0.6) is 11.5 Å². The van der Waals surface area contributed by atoms with Gasteiger partial charge in [-0.05, 0) is 129 Å². The van der Waals surface area contributed by atoms with Crippen LogP contribution in [0.25, 0.3) is 77.2 Å². The fourth-order valence-corrected chi connectivity index (χ4v) is 12.9. The van der Waals surface area contributed by atoms with E-state index < -0.39 is 10.8 Å². The zero-order valence-corrected chi connectivity index (χ0v) is 35.3. The maximum absolute atomic E-state index is 6.95. The number of para-hydroxylation sites is 1. The van der Waals surface area contributed by atoms with Crippen LogP contribution < -0.4 is 4.74 Å². The highest BCUT2D eigenvalue weighted by Crippen LogP contribution is 2.65. The van der Waals surface area contributed by atoms with Gasteiger partial charge in [-0.15, -0.1) is 0 Å². The summed E-state index contributed by atoms with van der Waals surface area (Å²) in [6.45, 7) is 0. The highest BCUT2D eigenvalue weighted by atomic mass is 16.5. The second-order valence-electron chi connectivity index (χ2n) is 18.2. The average Bonchev–Trinajstić information content (AvgIpc) is 3.96. The SMILES string of the molecule is c1ccc2c(c1)Oc1cc(-c3ccc(-c4ccc5c(c4)C4(c6ccccc6-5)c5ccccc5-c5c4ccc4ccccc54)c4ccccc34)ccc1C21c2ccccc2-c2ccccc21. The smallest absolute Gasteiger partial charge is 0.132 e. The number of rotatable bonds is 2. The van der Waals surface area contributed by atoms with Crippen LogP contribution in [0.4, 0.5) is 0 Å². The minimum absolute atomic E-state index is 0.437. The quantitative estimate of drug-likeness (QED) is 0.169. The summed E-state index contributed by atoms with van der Waals surface area (Å²) in [5.74, 6) is 1.80. The molecule has 0 amide bonds. The molecular weight excluding hydrogens is 785 g/mol. The van der Waals surface area contributed by atoms with Crippen molar-refractivity contribution in [3.63, 3.8) is 0 Å². The topological polar surface area (TPSA) is 9.23 Å². The minimum atomic E-state index is -0.486. The molecule has 0 saturated carbocycles. The van der Waals surface area contributed by atoms with Crippen LogP contribution in [0.1, 0.15) is 44.5 Å². The first-order valence-corrected chi connectivity index (χ1v) is 22.7. The Labute approximate surface area is 377 Å². The Morgan fingerprint density at radius 3 is 1.34 bits per heavy atom. The summed E-state index contributed by atoms with van der Waals surface area (Å²) in [5, 5.41) is 5.03. The molecule has 15 rings (SSSR count). The van der Waals surface area contributed by atoms with Crippen molar-refractivity contribution in [3.8, 4) is 67.1 Å². The van der Waals surface area contributed by atoms with E-state index >= 15 is 0 Å². The summed E-state index contributed by atoms with van der Waals surface area (Å²) >= 11 is 0. The Kier molecular flexibility index (Phi) is 6.88. The largest absolute Gasteiger partial charge is 0.457 e. The summed E-state index contributed by atoms with van der Waals surface area (Å²) in [6, 6.07) is 86.1. The maximum atomic E-state index is 6.95. The minimum Gasteiger partial charge on any atom is -0.457 e. The number of fused-ring (bicyclic) bond motifs is 22. The van der Waals surface area contributed by atoms with E-state index in [9.17, 15) is 0 Å². The molecule has 1 heteroatoms. The van der Waals surface area contributed by atoms with Gasteiger partial charge in [0.05, 0.1) is 10.8 Å². The van der Waals surface area contributed by atoms with Gasteiger partial charge >= 0.3 is 0 Å². The molecule has 1 unspecified atom stereocenters. The zero-order chi connectivity index (χ0) is 42.4. The van der Waals surface area contributed by atoms with Gasteiger partial charge in [-0.1, -0.05) is 212 Å². The van der Waals surface area contributed by atoms with Crippen LogP contribution in [-0.2, 0) is 10.8 Å². The van der Waals surface area contributed by atoms with Crippen molar-refractivity contribution in [2.75, 3.05) is 0 Å². The molecule has 1 aliphatic heterocycles. The monoisotopic (exact) mass is 822 g/mol. The van der Waals surface area contributed by atoms with Crippen LogP contribution in [0.3, 0.4) is 0 Å². The lowest BCUT2D eigenvalue weighted by atomic mass is 9.66. The molecule has 0 bridgehead atoms. The van der Waals surface area contributed by atoms with Crippen LogP contribution in [-0.4, -0.2) is 0 Å². The number of hydrogen-bond acceptors (Lipinski definition) is 1. The Bertz CT molecular complexity index is 3840. The molecule has 300 valence electrons. The molecule has 1 nitrogen and oxygen atoms in total. The lowest BCUT2D eigenvalue weighted by molar-refractivity contribution is 0.436. The summed E-state index contributed by atoms with van der Waals surface area (Å²) < 4.78 is 6.95. The van der Waals surface area contributed by atoms with Crippen molar-refractivity contribution >= 4 is 21.5 Å². The first kappa shape index (κ1) is 35.2. The lowest BCUT2D eigenvalue weighted by Crippen LogP contribution is -2.32. The number of ether oxygens (including phenoxy) is 1. The Morgan fingerprint density at radius 1 is 0.246 bits per heavy atom. The molecule has 1 heterocycles. The molecule has 65 heavy (non-hydrogen) atoms. The molecule has 11 aromatic carbocycles. The molecule has 1 atom stereocenters. The Morgan fingerprint density at radius 2 is 0.677 bits per heavy atom. The normalized spacial score (nSPS) is 16.0. The van der Waals surface area contributed by atoms with Gasteiger partial charge in [-0.25, -0.2) is 0 Å². The second-order valence-corrected chi connectivity index (χ2v) is 18.2. The van der Waals surface area contributed by atoms with Crippen molar-refractivity contribution in [2.45, 2.75) is 10.8 Å². The van der Waals surface area contributed by atoms with Gasteiger partial charge in [0.1, 0.15) is 11.5 Å². The third kappa shape index (κ3) is 4.33. The predicted molar refractivity (Wildman–Crippen MR) is 266 cm³/mol. The van der Waals surface area contributed by atoms with E-state index in [1.807, 2.05) is 0 Å². The summed E-state index contributed by atoms with van der Waals surface area (Å²) in [6.07, 6.45) is 0. The molecule has 4 aliphatic rings. The molecular formula is C64H38O. The standard InChI is InChI=1S/C64H38O/c1-2-16-44-39(15-1)30-36-58-62(44)51-22-8-12-26-55(51)64(58)54-25-11-7-21-49(54)50-32-29-40(37-59(50)64)42-33-34-43(46-18-4-3-17-45(42)46)41-31-35-57-61(38-41)65-60-28-14-13-27-56(60)63(57)52-23-9-5-19-47(52)48-20-6-10-24-53(48)63/h1-38H. The van der Waals surface area contributed by atoms with Gasteiger partial charge in [-0.2, -0.15) is 0 Å². The van der Waals surface area contributed by atoms with Gasteiger partial charge in [-0.3, -0.25) is 0 Å². The molecule has 0 fully saturated rings. The molecule has 3 aliphatic carbocycles. The van der Waals surface area contributed by atoms with Crippen LogP contribution in [0.2, 0.25) is 0 Å². The van der Waals surface area contributed by atoms with E-state index in [1.165, 1.54) is 116 Å². The fraction of sp³-hybridized carbons (Fsp3) is 0.0312. The van der Waals surface area contributed by atoms with Crippen molar-refractivity contribution in [1.29, 1.82) is 0 Å². The lowest BCUT2D eigenvalue weighted by Gasteiger charge is -2.39. The van der Waals surface area contributed by atoms with Gasteiger partial charge in [0.2, 0.25) is 0 Å². The van der Waals surface area contributed by atoms with Gasteiger partial charge in [0.25, 0.3) is 0 Å². The van der Waals surface area contributed by atoms with E-state index in [0.717, 1.165) is 17.1 Å². The number of hydrogen-bond donors (Lipinski definition) is 0. The first-order valence-electron chi connectivity index (χ1n) is 22.7. The molecule has 0 aromatic heterocycles. The molecule has 0 radical (unpaired) electrons. The second kappa shape index (κ2) is 12.7. The van der Waals surface area contributed by atoms with E-state index in [4.69, 9.17) is 4.74 Å². The third-order valence-electron chi connectivity index (χ3n) is 15.4. The van der Waals surface area contributed by atoms with E-state index in [-0.39, 0.29) is 0 Å². The first-order chi connectivity index (χ1) is 32.2. The van der Waals surface area contributed by atoms with Crippen molar-refractivity contribution < 1.29 is 4.74 Å². The van der Waals surface area contributed by atoms with E-state index in [1.54, 1.807) is 0 Å². The number of benzene rings is 11. The van der Waals surface area contributed by atoms with E-state index in [0.29, 0.717) is 0 Å². The molecule has 0 saturated heterocycles. The van der Waals surface area contributed by atoms with Crippen molar-refractivity contribution in [2.24, 2.45) is 0 Å². The van der Waals surface area contributed by atoms with Crippen LogP contribution in [0, 0.1) is 0 Å². The van der Waals surface area contributed by atoms with Crippen molar-refractivity contribution in [1.82, 2.24) is 0 Å². The predicted octanol–water partition coefficient (Wildman–Crippen LogP) is 16.1. The van der Waals surface area contributed by atoms with Gasteiger partial charge in [0, 0.05) is 11.1 Å². The van der Waals surface area contributed by atoms with Crippen LogP contribution >= 0.6 is 0 Å². The maximum Gasteiger partial charge on any atom is 0.132 e. The van der Waals surface area contributed by atoms with Gasteiger partial charge in [0.15, 0.2) is 0 Å². The molecule has 2 spiro atoms. The third-order valence-corrected chi connectivity index (χ3v) is 15.4. The van der Waals surface area contributed by atoms with E-state index in [2.05, 4.69) is 231 Å². The van der Waals surface area contributed by atoms with Crippen molar-refractivity contribution in [3.05, 3.63) is 275 Å². The summed E-state index contributed by atoms with van der Waals surface area (Å²) in [7, 11) is 0. The average molecular weight is 823 g/mol. The summed E-state index contributed by atoms with van der Waals surface area (Å²) in [4.78, 5) is 0. The highest BCUT2D eigenvalue weighted by Gasteiger charge is 2.53. The summed E-state index contributed by atoms with van der Waals surface area (Å²) in [5.41, 5.74) is 22.1. The fourth-order valence-electron chi connectivity index (χ4n) is 12.9.